The minimum Gasteiger partial charge on any atom is -0.382 e. The van der Waals surface area contributed by atoms with Gasteiger partial charge in [-0.1, -0.05) is 17.7 Å². The summed E-state index contributed by atoms with van der Waals surface area (Å²) in [4.78, 5) is 13.6. The van der Waals surface area contributed by atoms with Crippen LogP contribution in [0.5, 0.6) is 0 Å². The summed E-state index contributed by atoms with van der Waals surface area (Å²) in [6.45, 7) is 2.00. The lowest BCUT2D eigenvalue weighted by molar-refractivity contribution is 0.0988. The number of carbonyl (C=O) groups is 1. The van der Waals surface area contributed by atoms with E-state index in [0.29, 0.717) is 11.5 Å². The molecule has 0 spiro atoms. The number of nitrogens with two attached hydrogens (primary N) is 1. The number of rotatable bonds is 2. The van der Waals surface area contributed by atoms with Gasteiger partial charge in [-0.3, -0.25) is 9.89 Å². The van der Waals surface area contributed by atoms with Crippen LogP contribution in [0.1, 0.15) is 16.1 Å². The Balaban J connectivity index is 2.23. The molecule has 0 saturated carbocycles. The SMILES string of the molecule is Cc1ccc(N(C)C(=O)c2cc(N)n[nH]2)cc1. The summed E-state index contributed by atoms with van der Waals surface area (Å²) >= 11 is 0. The van der Waals surface area contributed by atoms with E-state index in [1.165, 1.54) is 6.07 Å². The Morgan fingerprint density at radius 1 is 1.35 bits per heavy atom. The Morgan fingerprint density at radius 2 is 2.00 bits per heavy atom. The number of hydrogen-bond donors (Lipinski definition) is 2. The van der Waals surface area contributed by atoms with E-state index >= 15 is 0 Å². The van der Waals surface area contributed by atoms with Crippen molar-refractivity contribution in [3.63, 3.8) is 0 Å². The number of carbonyl (C=O) groups excluding carboxylic acids is 1. The molecule has 5 heteroatoms. The lowest BCUT2D eigenvalue weighted by atomic mass is 10.2. The quantitative estimate of drug-likeness (QED) is 0.822. The number of amides is 1. The molecule has 0 aliphatic heterocycles. The Morgan fingerprint density at radius 3 is 2.53 bits per heavy atom. The molecule has 1 heterocycles. The van der Waals surface area contributed by atoms with Gasteiger partial charge in [-0.2, -0.15) is 5.10 Å². The molecule has 1 amide bonds. The van der Waals surface area contributed by atoms with Gasteiger partial charge in [0.25, 0.3) is 5.91 Å². The van der Waals surface area contributed by atoms with Crippen LogP contribution < -0.4 is 10.6 Å². The lowest BCUT2D eigenvalue weighted by Gasteiger charge is -2.16. The summed E-state index contributed by atoms with van der Waals surface area (Å²) in [5, 5.41) is 6.33. The third-order valence-electron chi connectivity index (χ3n) is 2.55. The van der Waals surface area contributed by atoms with Crippen LogP contribution in [0, 0.1) is 6.92 Å². The standard InChI is InChI=1S/C12H14N4O/c1-8-3-5-9(6-4-8)16(2)12(17)10-7-11(13)15-14-10/h3-7H,1-2H3,(H3,13,14,15). The van der Waals surface area contributed by atoms with Gasteiger partial charge in [-0.05, 0) is 19.1 Å². The molecule has 0 atom stereocenters. The summed E-state index contributed by atoms with van der Waals surface area (Å²) in [5.74, 6) is 0.142. The Kier molecular flexibility index (Phi) is 2.82. The zero-order valence-electron chi connectivity index (χ0n) is 9.77. The fourth-order valence-corrected chi connectivity index (χ4v) is 1.51. The average molecular weight is 230 g/mol. The molecule has 2 aromatic rings. The van der Waals surface area contributed by atoms with Crippen molar-refractivity contribution < 1.29 is 4.79 Å². The highest BCUT2D eigenvalue weighted by Gasteiger charge is 2.15. The van der Waals surface area contributed by atoms with Gasteiger partial charge in [0, 0.05) is 18.8 Å². The fourth-order valence-electron chi connectivity index (χ4n) is 1.51. The average Bonchev–Trinajstić information content (AvgIpc) is 2.75. The molecular weight excluding hydrogens is 216 g/mol. The first kappa shape index (κ1) is 11.2. The molecule has 5 nitrogen and oxygen atoms in total. The molecule has 1 aromatic heterocycles. The number of aryl methyl sites for hydroxylation is 1. The van der Waals surface area contributed by atoms with Gasteiger partial charge >= 0.3 is 0 Å². The number of benzene rings is 1. The predicted octanol–water partition coefficient (Wildman–Crippen LogP) is 1.58. The summed E-state index contributed by atoms with van der Waals surface area (Å²) in [6.07, 6.45) is 0. The Bertz CT molecular complexity index is 530. The van der Waals surface area contributed by atoms with Gasteiger partial charge in [0.1, 0.15) is 11.5 Å². The molecule has 0 aliphatic rings. The number of nitrogens with one attached hydrogen (secondary N) is 1. The second-order valence-electron chi connectivity index (χ2n) is 3.91. The van der Waals surface area contributed by atoms with E-state index in [0.717, 1.165) is 11.3 Å². The number of aromatic nitrogens is 2. The molecule has 2 rings (SSSR count). The van der Waals surface area contributed by atoms with E-state index < -0.39 is 0 Å². The van der Waals surface area contributed by atoms with Crippen LogP contribution in [-0.2, 0) is 0 Å². The number of nitrogen functional groups attached to an aromatic ring is 1. The third-order valence-corrected chi connectivity index (χ3v) is 2.55. The van der Waals surface area contributed by atoms with Crippen LogP contribution in [0.4, 0.5) is 11.5 Å². The van der Waals surface area contributed by atoms with E-state index in [-0.39, 0.29) is 5.91 Å². The molecular formula is C12H14N4O. The lowest BCUT2D eigenvalue weighted by Crippen LogP contribution is -2.26. The molecule has 0 unspecified atom stereocenters. The highest BCUT2D eigenvalue weighted by molar-refractivity contribution is 6.04. The number of H-pyrrole nitrogens is 1. The maximum Gasteiger partial charge on any atom is 0.276 e. The van der Waals surface area contributed by atoms with Crippen molar-refractivity contribution in [1.82, 2.24) is 10.2 Å². The first-order valence-corrected chi connectivity index (χ1v) is 5.23. The third kappa shape index (κ3) is 2.28. The molecule has 0 fully saturated rings. The minimum absolute atomic E-state index is 0.168. The molecule has 0 saturated heterocycles. The number of nitrogens with zero attached hydrogens (tertiary/aromatic N) is 2. The highest BCUT2D eigenvalue weighted by atomic mass is 16.2. The molecule has 0 radical (unpaired) electrons. The number of hydrogen-bond acceptors (Lipinski definition) is 3. The largest absolute Gasteiger partial charge is 0.382 e. The van der Waals surface area contributed by atoms with Crippen molar-refractivity contribution in [3.05, 3.63) is 41.6 Å². The number of anilines is 2. The first-order valence-electron chi connectivity index (χ1n) is 5.23. The first-order chi connectivity index (χ1) is 8.08. The number of aromatic amines is 1. The van der Waals surface area contributed by atoms with Gasteiger partial charge in [-0.15, -0.1) is 0 Å². The van der Waals surface area contributed by atoms with Crippen LogP contribution in [0.3, 0.4) is 0 Å². The fraction of sp³-hybridized carbons (Fsp3) is 0.167. The van der Waals surface area contributed by atoms with Crippen molar-refractivity contribution in [3.8, 4) is 0 Å². The van der Waals surface area contributed by atoms with E-state index in [2.05, 4.69) is 10.2 Å². The zero-order chi connectivity index (χ0) is 12.4. The van der Waals surface area contributed by atoms with E-state index in [9.17, 15) is 4.79 Å². The van der Waals surface area contributed by atoms with Crippen LogP contribution in [0.2, 0.25) is 0 Å². The van der Waals surface area contributed by atoms with Crippen molar-refractivity contribution in [2.75, 3.05) is 17.7 Å². The van der Waals surface area contributed by atoms with Crippen molar-refractivity contribution in [1.29, 1.82) is 0 Å². The summed E-state index contributed by atoms with van der Waals surface area (Å²) < 4.78 is 0. The molecule has 17 heavy (non-hydrogen) atoms. The van der Waals surface area contributed by atoms with Gasteiger partial charge < -0.3 is 10.6 Å². The molecule has 88 valence electrons. The second kappa shape index (κ2) is 4.29. The summed E-state index contributed by atoms with van der Waals surface area (Å²) in [7, 11) is 1.71. The van der Waals surface area contributed by atoms with Crippen molar-refractivity contribution in [2.24, 2.45) is 0 Å². The Hall–Kier alpha value is -2.30. The van der Waals surface area contributed by atoms with E-state index in [1.807, 2.05) is 31.2 Å². The molecule has 0 aliphatic carbocycles. The Labute approximate surface area is 99.2 Å². The molecule has 3 N–H and O–H groups in total. The summed E-state index contributed by atoms with van der Waals surface area (Å²) in [5.41, 5.74) is 7.82. The molecule has 0 bridgehead atoms. The predicted molar refractivity (Wildman–Crippen MR) is 66.9 cm³/mol. The zero-order valence-corrected chi connectivity index (χ0v) is 9.77. The van der Waals surface area contributed by atoms with Crippen LogP contribution in [0.25, 0.3) is 0 Å². The minimum atomic E-state index is -0.168. The second-order valence-corrected chi connectivity index (χ2v) is 3.91. The summed E-state index contributed by atoms with van der Waals surface area (Å²) in [6, 6.07) is 9.23. The van der Waals surface area contributed by atoms with Gasteiger partial charge in [-0.25, -0.2) is 0 Å². The van der Waals surface area contributed by atoms with E-state index in [4.69, 9.17) is 5.73 Å². The van der Waals surface area contributed by atoms with Crippen LogP contribution >= 0.6 is 0 Å². The van der Waals surface area contributed by atoms with E-state index in [1.54, 1.807) is 11.9 Å². The van der Waals surface area contributed by atoms with Crippen LogP contribution in [0.15, 0.2) is 30.3 Å². The van der Waals surface area contributed by atoms with Gasteiger partial charge in [0.05, 0.1) is 0 Å². The normalized spacial score (nSPS) is 10.2. The van der Waals surface area contributed by atoms with Gasteiger partial charge in [0.15, 0.2) is 0 Å². The maximum atomic E-state index is 12.0. The molecule has 1 aromatic carbocycles. The maximum absolute atomic E-state index is 12.0. The van der Waals surface area contributed by atoms with Crippen LogP contribution in [-0.4, -0.2) is 23.2 Å². The van der Waals surface area contributed by atoms with Gasteiger partial charge in [0.2, 0.25) is 0 Å². The highest BCUT2D eigenvalue weighted by Crippen LogP contribution is 2.16. The van der Waals surface area contributed by atoms with Crippen molar-refractivity contribution in [2.45, 2.75) is 6.92 Å². The smallest absolute Gasteiger partial charge is 0.276 e. The topological polar surface area (TPSA) is 75.0 Å². The monoisotopic (exact) mass is 230 g/mol. The van der Waals surface area contributed by atoms with Crippen molar-refractivity contribution >= 4 is 17.4 Å².